The number of rotatable bonds is 4. The van der Waals surface area contributed by atoms with E-state index in [0.717, 1.165) is 25.2 Å². The van der Waals surface area contributed by atoms with Crippen molar-refractivity contribution in [1.82, 2.24) is 5.32 Å². The molecular formula is C9H12N2O4S. The summed E-state index contributed by atoms with van der Waals surface area (Å²) < 4.78 is 26.5. The Hall–Kier alpha value is -1.34. The van der Waals surface area contributed by atoms with Crippen LogP contribution in [0.4, 0.5) is 0 Å². The third-order valence-electron chi connectivity index (χ3n) is 2.37. The van der Waals surface area contributed by atoms with Crippen molar-refractivity contribution in [2.24, 2.45) is 11.1 Å². The summed E-state index contributed by atoms with van der Waals surface area (Å²) in [6.07, 6.45) is 3.35. The van der Waals surface area contributed by atoms with E-state index in [0.29, 0.717) is 12.5 Å². The Morgan fingerprint density at radius 3 is 2.75 bits per heavy atom. The van der Waals surface area contributed by atoms with Crippen LogP contribution in [-0.4, -0.2) is 20.9 Å². The van der Waals surface area contributed by atoms with Gasteiger partial charge in [-0.3, -0.25) is 4.79 Å². The number of carbonyl (C=O) groups excluding carboxylic acids is 1. The number of nitrogens with two attached hydrogens (primary N) is 1. The maximum absolute atomic E-state index is 11.5. The zero-order chi connectivity index (χ0) is 11.8. The van der Waals surface area contributed by atoms with Gasteiger partial charge < -0.3 is 9.73 Å². The van der Waals surface area contributed by atoms with Gasteiger partial charge in [0.15, 0.2) is 0 Å². The van der Waals surface area contributed by atoms with Gasteiger partial charge >= 0.3 is 0 Å². The summed E-state index contributed by atoms with van der Waals surface area (Å²) in [5, 5.41) is 7.14. The molecule has 6 nitrogen and oxygen atoms in total. The van der Waals surface area contributed by atoms with Crippen LogP contribution in [0.2, 0.25) is 0 Å². The molecule has 1 aromatic heterocycles. The average Bonchev–Trinajstić information content (AvgIpc) is 2.86. The van der Waals surface area contributed by atoms with Crippen molar-refractivity contribution < 1.29 is 17.6 Å². The van der Waals surface area contributed by atoms with Gasteiger partial charge in [0.2, 0.25) is 5.09 Å². The first-order valence-electron chi connectivity index (χ1n) is 4.86. The standard InChI is InChI=1S/C9H12N2O4S/c10-16(13,14)8-3-7(5-15-8)9(12)11-4-6-1-2-6/h3,5-6H,1-2,4H2,(H,11,12)(H2,10,13,14). The fourth-order valence-electron chi connectivity index (χ4n) is 1.25. The van der Waals surface area contributed by atoms with Gasteiger partial charge in [0.25, 0.3) is 15.9 Å². The minimum atomic E-state index is -3.88. The minimum absolute atomic E-state index is 0.171. The van der Waals surface area contributed by atoms with Crippen molar-refractivity contribution in [3.8, 4) is 0 Å². The molecule has 0 saturated heterocycles. The highest BCUT2D eigenvalue weighted by atomic mass is 32.2. The van der Waals surface area contributed by atoms with Gasteiger partial charge in [-0.15, -0.1) is 0 Å². The van der Waals surface area contributed by atoms with Gasteiger partial charge in [0.1, 0.15) is 6.26 Å². The quantitative estimate of drug-likeness (QED) is 0.782. The van der Waals surface area contributed by atoms with Crippen molar-refractivity contribution in [3.05, 3.63) is 17.9 Å². The van der Waals surface area contributed by atoms with E-state index in [1.54, 1.807) is 0 Å². The number of hydrogen-bond donors (Lipinski definition) is 2. The molecule has 1 aromatic rings. The maximum atomic E-state index is 11.5. The molecule has 1 amide bonds. The van der Waals surface area contributed by atoms with Gasteiger partial charge in [-0.2, -0.15) is 0 Å². The summed E-state index contributed by atoms with van der Waals surface area (Å²) in [7, 11) is -3.88. The van der Waals surface area contributed by atoms with E-state index in [9.17, 15) is 13.2 Å². The molecule has 1 saturated carbocycles. The highest BCUT2D eigenvalue weighted by molar-refractivity contribution is 7.89. The Balaban J connectivity index is 2.02. The molecule has 1 fully saturated rings. The van der Waals surface area contributed by atoms with Crippen LogP contribution in [-0.2, 0) is 10.0 Å². The van der Waals surface area contributed by atoms with E-state index in [1.807, 2.05) is 0 Å². The molecule has 2 rings (SSSR count). The predicted molar refractivity (Wildman–Crippen MR) is 55.1 cm³/mol. The molecule has 1 aliphatic carbocycles. The summed E-state index contributed by atoms with van der Waals surface area (Å²) in [5.74, 6) is 0.221. The van der Waals surface area contributed by atoms with Crippen LogP contribution in [0, 0.1) is 5.92 Å². The summed E-state index contributed by atoms with van der Waals surface area (Å²) in [6, 6.07) is 1.12. The Morgan fingerprint density at radius 1 is 1.56 bits per heavy atom. The third-order valence-corrected chi connectivity index (χ3v) is 3.14. The van der Waals surface area contributed by atoms with Gasteiger partial charge in [-0.25, -0.2) is 13.6 Å². The Bertz CT molecular complexity index is 501. The van der Waals surface area contributed by atoms with Crippen molar-refractivity contribution in [1.29, 1.82) is 0 Å². The molecule has 0 bridgehead atoms. The SMILES string of the molecule is NS(=O)(=O)c1cc(C(=O)NCC2CC2)co1. The van der Waals surface area contributed by atoms with Gasteiger partial charge in [0.05, 0.1) is 5.56 Å². The molecule has 0 unspecified atom stereocenters. The maximum Gasteiger partial charge on any atom is 0.271 e. The molecule has 1 heterocycles. The summed E-state index contributed by atoms with van der Waals surface area (Å²) in [5.41, 5.74) is 0.171. The molecule has 0 aliphatic heterocycles. The Labute approximate surface area is 92.9 Å². The highest BCUT2D eigenvalue weighted by Crippen LogP contribution is 2.27. The van der Waals surface area contributed by atoms with Crippen LogP contribution in [0.1, 0.15) is 23.2 Å². The largest absolute Gasteiger partial charge is 0.451 e. The minimum Gasteiger partial charge on any atom is -0.451 e. The average molecular weight is 244 g/mol. The number of hydrogen-bond acceptors (Lipinski definition) is 4. The first-order chi connectivity index (χ1) is 7.47. The smallest absolute Gasteiger partial charge is 0.271 e. The van der Waals surface area contributed by atoms with Gasteiger partial charge in [-0.1, -0.05) is 0 Å². The molecule has 1 aliphatic rings. The van der Waals surface area contributed by atoms with E-state index in [4.69, 9.17) is 9.56 Å². The topological polar surface area (TPSA) is 102 Å². The molecule has 16 heavy (non-hydrogen) atoms. The van der Waals surface area contributed by atoms with Crippen LogP contribution < -0.4 is 10.5 Å². The zero-order valence-electron chi connectivity index (χ0n) is 8.47. The number of primary sulfonamides is 1. The lowest BCUT2D eigenvalue weighted by atomic mass is 10.3. The molecule has 3 N–H and O–H groups in total. The fourth-order valence-corrected chi connectivity index (χ4v) is 1.72. The van der Waals surface area contributed by atoms with Crippen LogP contribution >= 0.6 is 0 Å². The zero-order valence-corrected chi connectivity index (χ0v) is 9.29. The monoisotopic (exact) mass is 244 g/mol. The van der Waals surface area contributed by atoms with Crippen molar-refractivity contribution in [3.63, 3.8) is 0 Å². The molecule has 0 radical (unpaired) electrons. The van der Waals surface area contributed by atoms with Crippen LogP contribution in [0.3, 0.4) is 0 Å². The molecule has 0 aromatic carbocycles. The van der Waals surface area contributed by atoms with E-state index >= 15 is 0 Å². The Morgan fingerprint density at radius 2 is 2.25 bits per heavy atom. The summed E-state index contributed by atoms with van der Waals surface area (Å²) in [6.45, 7) is 0.620. The fraction of sp³-hybridized carbons (Fsp3) is 0.444. The van der Waals surface area contributed by atoms with Crippen molar-refractivity contribution in [2.45, 2.75) is 17.9 Å². The molecular weight excluding hydrogens is 232 g/mol. The highest BCUT2D eigenvalue weighted by Gasteiger charge is 2.23. The summed E-state index contributed by atoms with van der Waals surface area (Å²) >= 11 is 0. The lowest BCUT2D eigenvalue weighted by Gasteiger charge is -1.99. The van der Waals surface area contributed by atoms with Crippen LogP contribution in [0.25, 0.3) is 0 Å². The van der Waals surface area contributed by atoms with Crippen molar-refractivity contribution >= 4 is 15.9 Å². The number of carbonyl (C=O) groups is 1. The second-order valence-electron chi connectivity index (χ2n) is 3.85. The molecule has 88 valence electrons. The normalized spacial score (nSPS) is 16.1. The number of furan rings is 1. The van der Waals surface area contributed by atoms with Crippen LogP contribution in [0.15, 0.2) is 21.8 Å². The second kappa shape index (κ2) is 3.91. The van der Waals surface area contributed by atoms with E-state index in [1.165, 1.54) is 0 Å². The second-order valence-corrected chi connectivity index (χ2v) is 5.35. The molecule has 7 heteroatoms. The Kier molecular flexibility index (Phi) is 2.73. The van der Waals surface area contributed by atoms with E-state index < -0.39 is 15.1 Å². The molecule has 0 spiro atoms. The van der Waals surface area contributed by atoms with Gasteiger partial charge in [0, 0.05) is 12.6 Å². The molecule has 0 atom stereocenters. The first-order valence-corrected chi connectivity index (χ1v) is 6.41. The number of nitrogens with one attached hydrogen (secondary N) is 1. The van der Waals surface area contributed by atoms with E-state index in [-0.39, 0.29) is 11.5 Å². The van der Waals surface area contributed by atoms with Crippen LogP contribution in [0.5, 0.6) is 0 Å². The van der Waals surface area contributed by atoms with Crippen molar-refractivity contribution in [2.75, 3.05) is 6.54 Å². The van der Waals surface area contributed by atoms with E-state index in [2.05, 4.69) is 5.32 Å². The lowest BCUT2D eigenvalue weighted by Crippen LogP contribution is -2.25. The third kappa shape index (κ3) is 2.61. The number of amides is 1. The lowest BCUT2D eigenvalue weighted by molar-refractivity contribution is 0.0951. The predicted octanol–water partition coefficient (Wildman–Crippen LogP) is 0.0668. The first kappa shape index (κ1) is 11.2. The van der Waals surface area contributed by atoms with Gasteiger partial charge in [-0.05, 0) is 18.8 Å². The summed E-state index contributed by atoms with van der Waals surface area (Å²) in [4.78, 5) is 11.5. The number of sulfonamides is 1.